The van der Waals surface area contributed by atoms with E-state index in [4.69, 9.17) is 26.4 Å². The van der Waals surface area contributed by atoms with Crippen LogP contribution < -0.4 is 9.47 Å². The molecule has 4 rings (SSSR count). The van der Waals surface area contributed by atoms with Gasteiger partial charge in [-0.25, -0.2) is 4.79 Å². The Morgan fingerprint density at radius 3 is 2.77 bits per heavy atom. The molecule has 2 aromatic carbocycles. The number of hydrogen-bond acceptors (Lipinski definition) is 7. The van der Waals surface area contributed by atoms with E-state index in [0.29, 0.717) is 32.8 Å². The van der Waals surface area contributed by atoms with Crippen molar-refractivity contribution < 1.29 is 23.8 Å². The van der Waals surface area contributed by atoms with Gasteiger partial charge < -0.3 is 14.2 Å². The van der Waals surface area contributed by atoms with E-state index in [-0.39, 0.29) is 12.0 Å². The second-order valence-corrected chi connectivity index (χ2v) is 8.77. The summed E-state index contributed by atoms with van der Waals surface area (Å²) in [4.78, 5) is 27.3. The van der Waals surface area contributed by atoms with E-state index in [1.165, 1.54) is 18.9 Å². The Kier molecular flexibility index (Phi) is 6.70. The summed E-state index contributed by atoms with van der Waals surface area (Å²) in [5.74, 6) is 0.109. The number of rotatable bonds is 6. The van der Waals surface area contributed by atoms with Gasteiger partial charge in [-0.1, -0.05) is 48.2 Å². The summed E-state index contributed by atoms with van der Waals surface area (Å²) >= 11 is 6.67. The highest BCUT2D eigenvalue weighted by atomic mass is 32.2. The molecule has 2 aliphatic heterocycles. The maximum atomic E-state index is 12.8. The van der Waals surface area contributed by atoms with E-state index >= 15 is 0 Å². The minimum atomic E-state index is -0.471. The predicted molar refractivity (Wildman–Crippen MR) is 123 cm³/mol. The molecule has 6 nitrogen and oxygen atoms in total. The number of esters is 1. The van der Waals surface area contributed by atoms with Crippen molar-refractivity contribution in [1.82, 2.24) is 4.90 Å². The largest absolute Gasteiger partial charge is 0.493 e. The first-order valence-corrected chi connectivity index (χ1v) is 11.1. The van der Waals surface area contributed by atoms with E-state index in [1.807, 2.05) is 6.07 Å². The number of nitrogens with zero attached hydrogens (tertiary/aromatic N) is 1. The van der Waals surface area contributed by atoms with Crippen LogP contribution in [0.25, 0.3) is 6.08 Å². The quantitative estimate of drug-likeness (QED) is 0.279. The molecule has 0 radical (unpaired) electrons. The number of methoxy groups -OCH3 is 1. The lowest BCUT2D eigenvalue weighted by Gasteiger charge is -2.18. The highest BCUT2D eigenvalue weighted by Gasteiger charge is 2.34. The Balaban J connectivity index is 1.49. The van der Waals surface area contributed by atoms with Gasteiger partial charge in [0.15, 0.2) is 11.5 Å². The van der Waals surface area contributed by atoms with Crippen LogP contribution >= 0.6 is 24.0 Å². The van der Waals surface area contributed by atoms with Crippen LogP contribution in [0.5, 0.6) is 11.5 Å². The Morgan fingerprint density at radius 1 is 1.26 bits per heavy atom. The molecule has 0 saturated carbocycles. The summed E-state index contributed by atoms with van der Waals surface area (Å²) in [5.41, 5.74) is 1.19. The molecule has 0 aromatic heterocycles. The fourth-order valence-corrected chi connectivity index (χ4v) is 4.67. The molecule has 2 aliphatic rings. The lowest BCUT2D eigenvalue weighted by Crippen LogP contribution is -2.35. The topological polar surface area (TPSA) is 65.1 Å². The number of hydrogen-bond donors (Lipinski definition) is 0. The fourth-order valence-electron chi connectivity index (χ4n) is 3.39. The zero-order valence-corrected chi connectivity index (χ0v) is 18.5. The minimum absolute atomic E-state index is 0.0422. The van der Waals surface area contributed by atoms with Crippen molar-refractivity contribution in [3.63, 3.8) is 0 Å². The van der Waals surface area contributed by atoms with Crippen molar-refractivity contribution >= 4 is 46.3 Å². The van der Waals surface area contributed by atoms with Crippen molar-refractivity contribution in [3.8, 4) is 11.5 Å². The average Bonchev–Trinajstić information content (AvgIpc) is 3.39. The number of ether oxygens (including phenoxy) is 3. The van der Waals surface area contributed by atoms with Gasteiger partial charge in [-0.05, 0) is 48.7 Å². The Morgan fingerprint density at radius 2 is 2.06 bits per heavy atom. The monoisotopic (exact) mass is 455 g/mol. The van der Waals surface area contributed by atoms with Crippen LogP contribution in [-0.2, 0) is 9.53 Å². The van der Waals surface area contributed by atoms with Gasteiger partial charge in [0.2, 0.25) is 0 Å². The number of carbonyl (C=O) groups is 2. The summed E-state index contributed by atoms with van der Waals surface area (Å²) in [6.45, 7) is 1.22. The number of thioether (sulfide) groups is 1. The van der Waals surface area contributed by atoms with Gasteiger partial charge in [-0.3, -0.25) is 9.69 Å². The SMILES string of the molecule is COc1cc(/C=C2\SC(=S)N(C[C@H]3CCCO3)C2=O)ccc1OC(=O)c1ccccc1. The molecule has 0 N–H and O–H groups in total. The molecule has 2 fully saturated rings. The van der Waals surface area contributed by atoms with Crippen LogP contribution in [0.3, 0.4) is 0 Å². The van der Waals surface area contributed by atoms with Crippen molar-refractivity contribution in [2.75, 3.05) is 20.3 Å². The van der Waals surface area contributed by atoms with Gasteiger partial charge in [0, 0.05) is 6.61 Å². The highest BCUT2D eigenvalue weighted by molar-refractivity contribution is 8.26. The minimum Gasteiger partial charge on any atom is -0.493 e. The standard InChI is InChI=1S/C23H21NO5S2/c1-27-19-12-15(9-10-18(19)29-22(26)16-6-3-2-4-7-16)13-20-21(25)24(23(30)31-20)14-17-8-5-11-28-17/h2-4,6-7,9-10,12-13,17H,5,8,11,14H2,1H3/b20-13-/t17-/m1/s1. The molecule has 0 bridgehead atoms. The van der Waals surface area contributed by atoms with E-state index < -0.39 is 5.97 Å². The maximum absolute atomic E-state index is 12.8. The maximum Gasteiger partial charge on any atom is 0.343 e. The van der Waals surface area contributed by atoms with E-state index in [9.17, 15) is 9.59 Å². The first-order valence-electron chi connectivity index (χ1n) is 9.87. The van der Waals surface area contributed by atoms with Crippen LogP contribution in [0.15, 0.2) is 53.4 Å². The molecule has 160 valence electrons. The molecule has 0 spiro atoms. The second-order valence-electron chi connectivity index (χ2n) is 7.09. The van der Waals surface area contributed by atoms with E-state index in [0.717, 1.165) is 25.0 Å². The third-order valence-corrected chi connectivity index (χ3v) is 6.36. The Bertz CT molecular complexity index is 1030. The van der Waals surface area contributed by atoms with Crippen LogP contribution in [0.4, 0.5) is 0 Å². The molecule has 31 heavy (non-hydrogen) atoms. The summed E-state index contributed by atoms with van der Waals surface area (Å²) in [6, 6.07) is 13.9. The van der Waals surface area contributed by atoms with E-state index in [1.54, 1.807) is 53.4 Å². The van der Waals surface area contributed by atoms with Crippen LogP contribution in [0.1, 0.15) is 28.8 Å². The number of thiocarbonyl (C=S) groups is 1. The van der Waals surface area contributed by atoms with Crippen molar-refractivity contribution in [1.29, 1.82) is 0 Å². The summed E-state index contributed by atoms with van der Waals surface area (Å²) < 4.78 is 17.0. The summed E-state index contributed by atoms with van der Waals surface area (Å²) in [5, 5.41) is 0. The van der Waals surface area contributed by atoms with Crippen LogP contribution in [-0.4, -0.2) is 47.5 Å². The van der Waals surface area contributed by atoms with Gasteiger partial charge in [0.1, 0.15) is 4.32 Å². The molecule has 0 unspecified atom stereocenters. The van der Waals surface area contributed by atoms with Crippen molar-refractivity contribution in [2.45, 2.75) is 18.9 Å². The molecule has 0 aliphatic carbocycles. The normalized spacial score (nSPS) is 19.8. The molecule has 1 amide bonds. The predicted octanol–water partition coefficient (Wildman–Crippen LogP) is 4.29. The molecule has 2 heterocycles. The molecule has 8 heteroatoms. The number of benzene rings is 2. The number of amides is 1. The van der Waals surface area contributed by atoms with Crippen molar-refractivity contribution in [3.05, 3.63) is 64.6 Å². The van der Waals surface area contributed by atoms with Gasteiger partial charge >= 0.3 is 5.97 Å². The third kappa shape index (κ3) is 4.98. The Hall–Kier alpha value is -2.68. The second kappa shape index (κ2) is 9.64. The zero-order chi connectivity index (χ0) is 21.8. The van der Waals surface area contributed by atoms with Crippen molar-refractivity contribution in [2.24, 2.45) is 0 Å². The van der Waals surface area contributed by atoms with Gasteiger partial charge in [0.05, 0.1) is 30.2 Å². The fraction of sp³-hybridized carbons (Fsp3) is 0.261. The van der Waals surface area contributed by atoms with E-state index in [2.05, 4.69) is 0 Å². The third-order valence-electron chi connectivity index (χ3n) is 4.98. The first-order chi connectivity index (χ1) is 15.0. The van der Waals surface area contributed by atoms with Gasteiger partial charge in [-0.15, -0.1) is 0 Å². The molecule has 2 aromatic rings. The first kappa shape index (κ1) is 21.5. The highest BCUT2D eigenvalue weighted by Crippen LogP contribution is 2.35. The molecule has 1 atom stereocenters. The average molecular weight is 456 g/mol. The lowest BCUT2D eigenvalue weighted by atomic mass is 10.1. The molecular formula is C23H21NO5S2. The molecular weight excluding hydrogens is 434 g/mol. The molecule has 2 saturated heterocycles. The van der Waals surface area contributed by atoms with Gasteiger partial charge in [0.25, 0.3) is 5.91 Å². The Labute approximate surface area is 190 Å². The van der Waals surface area contributed by atoms with Crippen LogP contribution in [0, 0.1) is 0 Å². The zero-order valence-electron chi connectivity index (χ0n) is 16.9. The summed E-state index contributed by atoms with van der Waals surface area (Å²) in [7, 11) is 1.50. The number of carbonyl (C=O) groups excluding carboxylic acids is 2. The summed E-state index contributed by atoms with van der Waals surface area (Å²) in [6.07, 6.45) is 3.76. The van der Waals surface area contributed by atoms with Crippen LogP contribution in [0.2, 0.25) is 0 Å². The smallest absolute Gasteiger partial charge is 0.343 e. The van der Waals surface area contributed by atoms with Gasteiger partial charge in [-0.2, -0.15) is 0 Å². The lowest BCUT2D eigenvalue weighted by molar-refractivity contribution is -0.123.